The van der Waals surface area contributed by atoms with Gasteiger partial charge in [0.05, 0.1) is 0 Å². The number of hydrogen-bond donors (Lipinski definition) is 3. The number of rotatable bonds is 4. The van der Waals surface area contributed by atoms with Crippen LogP contribution in [-0.4, -0.2) is 43.4 Å². The maximum absolute atomic E-state index is 12.9. The molecule has 17 heavy (non-hydrogen) atoms. The van der Waals surface area contributed by atoms with Crippen molar-refractivity contribution in [2.24, 2.45) is 11.3 Å². The molecule has 3 N–H and O–H groups in total. The van der Waals surface area contributed by atoms with Gasteiger partial charge in [-0.25, -0.2) is 0 Å². The molecule has 1 heterocycles. The predicted octanol–water partition coefficient (Wildman–Crippen LogP) is 0.273. The molecular weight excluding hydrogens is 237 g/mol. The van der Waals surface area contributed by atoms with Crippen LogP contribution in [0, 0.1) is 11.3 Å². The van der Waals surface area contributed by atoms with Crippen LogP contribution in [0.1, 0.15) is 13.3 Å². The second-order valence-corrected chi connectivity index (χ2v) is 4.50. The summed E-state index contributed by atoms with van der Waals surface area (Å²) in [7, 11) is 0. The molecule has 1 aliphatic rings. The van der Waals surface area contributed by atoms with Gasteiger partial charge >= 0.3 is 6.18 Å². The zero-order valence-corrected chi connectivity index (χ0v) is 9.60. The minimum absolute atomic E-state index is 0.0488. The highest BCUT2D eigenvalue weighted by Crippen LogP contribution is 2.43. The van der Waals surface area contributed by atoms with Crippen LogP contribution in [0.2, 0.25) is 0 Å². The summed E-state index contributed by atoms with van der Waals surface area (Å²) in [6.45, 7) is 1.33. The van der Waals surface area contributed by atoms with Crippen molar-refractivity contribution in [2.75, 3.05) is 26.2 Å². The summed E-state index contributed by atoms with van der Waals surface area (Å²) in [4.78, 5) is 11.7. The van der Waals surface area contributed by atoms with Gasteiger partial charge in [0.1, 0.15) is 0 Å². The van der Waals surface area contributed by atoms with E-state index in [0.717, 1.165) is 0 Å². The van der Waals surface area contributed by atoms with E-state index in [0.29, 0.717) is 0 Å². The smallest absolute Gasteiger partial charge is 0.396 e. The summed E-state index contributed by atoms with van der Waals surface area (Å²) in [5, 5.41) is 13.6. The van der Waals surface area contributed by atoms with Crippen LogP contribution in [0.15, 0.2) is 0 Å². The summed E-state index contributed by atoms with van der Waals surface area (Å²) in [5.74, 6) is -1.26. The van der Waals surface area contributed by atoms with E-state index >= 15 is 0 Å². The molecule has 0 aliphatic carbocycles. The van der Waals surface area contributed by atoms with E-state index in [9.17, 15) is 18.0 Å². The van der Waals surface area contributed by atoms with Crippen molar-refractivity contribution < 1.29 is 23.1 Å². The molecule has 0 spiro atoms. The van der Waals surface area contributed by atoms with E-state index in [-0.39, 0.29) is 38.6 Å². The third kappa shape index (κ3) is 2.90. The molecule has 100 valence electrons. The van der Waals surface area contributed by atoms with Gasteiger partial charge in [-0.2, -0.15) is 13.2 Å². The Morgan fingerprint density at radius 3 is 2.65 bits per heavy atom. The maximum Gasteiger partial charge on any atom is 0.404 e. The van der Waals surface area contributed by atoms with E-state index in [1.54, 1.807) is 6.92 Å². The van der Waals surface area contributed by atoms with Crippen LogP contribution < -0.4 is 10.6 Å². The molecule has 1 amide bonds. The summed E-state index contributed by atoms with van der Waals surface area (Å²) in [6.07, 6.45) is -4.79. The van der Waals surface area contributed by atoms with Gasteiger partial charge in [0.2, 0.25) is 5.91 Å². The Kier molecular flexibility index (Phi) is 4.37. The molecule has 0 radical (unpaired) electrons. The van der Waals surface area contributed by atoms with Gasteiger partial charge in [-0.15, -0.1) is 0 Å². The quantitative estimate of drug-likeness (QED) is 0.675. The number of hydrogen-bond acceptors (Lipinski definition) is 3. The minimum Gasteiger partial charge on any atom is -0.396 e. The lowest BCUT2D eigenvalue weighted by atomic mass is 9.85. The lowest BCUT2D eigenvalue weighted by molar-refractivity contribution is -0.216. The van der Waals surface area contributed by atoms with Gasteiger partial charge in [0.15, 0.2) is 5.41 Å². The Labute approximate surface area is 97.6 Å². The van der Waals surface area contributed by atoms with Crippen LogP contribution in [0.25, 0.3) is 0 Å². The zero-order chi connectivity index (χ0) is 13.1. The number of aliphatic hydroxyl groups is 1. The third-order valence-electron chi connectivity index (χ3n) is 3.06. The summed E-state index contributed by atoms with van der Waals surface area (Å²) in [6, 6.07) is 0. The van der Waals surface area contributed by atoms with Gasteiger partial charge in [0, 0.05) is 19.7 Å². The van der Waals surface area contributed by atoms with Crippen LogP contribution >= 0.6 is 0 Å². The molecule has 0 aromatic heterocycles. The van der Waals surface area contributed by atoms with Gasteiger partial charge < -0.3 is 15.7 Å². The number of halogens is 3. The summed E-state index contributed by atoms with van der Waals surface area (Å²) < 4.78 is 38.8. The Hall–Kier alpha value is -0.820. The Bertz CT molecular complexity index is 275. The molecule has 4 nitrogen and oxygen atoms in total. The third-order valence-corrected chi connectivity index (χ3v) is 3.06. The highest BCUT2D eigenvalue weighted by molar-refractivity contribution is 5.84. The predicted molar refractivity (Wildman–Crippen MR) is 55.2 cm³/mol. The number of nitrogens with one attached hydrogen (secondary N) is 2. The number of carbonyl (C=O) groups excluding carboxylic acids is 1. The Morgan fingerprint density at radius 1 is 1.59 bits per heavy atom. The van der Waals surface area contributed by atoms with Gasteiger partial charge in [-0.1, -0.05) is 6.92 Å². The molecule has 1 rings (SSSR count). The average Bonchev–Trinajstić information content (AvgIpc) is 2.74. The largest absolute Gasteiger partial charge is 0.404 e. The number of carbonyl (C=O) groups is 1. The SMILES string of the molecule is CC(CO)CNC(=O)C1(C(F)(F)F)CCNC1. The van der Waals surface area contributed by atoms with Gasteiger partial charge in [-0.05, 0) is 18.9 Å². The lowest BCUT2D eigenvalue weighted by Gasteiger charge is -2.29. The van der Waals surface area contributed by atoms with E-state index in [1.165, 1.54) is 0 Å². The molecule has 1 saturated heterocycles. The maximum atomic E-state index is 12.9. The molecule has 0 aromatic rings. The van der Waals surface area contributed by atoms with Crippen molar-refractivity contribution in [3.8, 4) is 0 Å². The van der Waals surface area contributed by atoms with Crippen molar-refractivity contribution in [2.45, 2.75) is 19.5 Å². The highest BCUT2D eigenvalue weighted by atomic mass is 19.4. The fourth-order valence-corrected chi connectivity index (χ4v) is 1.76. The van der Waals surface area contributed by atoms with E-state index in [1.807, 2.05) is 0 Å². The van der Waals surface area contributed by atoms with Crippen molar-refractivity contribution in [3.63, 3.8) is 0 Å². The second-order valence-electron chi connectivity index (χ2n) is 4.50. The molecule has 1 aliphatic heterocycles. The van der Waals surface area contributed by atoms with Crippen molar-refractivity contribution in [1.82, 2.24) is 10.6 Å². The normalized spacial score (nSPS) is 26.9. The molecule has 0 aromatic carbocycles. The van der Waals surface area contributed by atoms with Crippen molar-refractivity contribution in [3.05, 3.63) is 0 Å². The van der Waals surface area contributed by atoms with E-state index < -0.39 is 17.5 Å². The average molecular weight is 254 g/mol. The molecule has 2 atom stereocenters. The van der Waals surface area contributed by atoms with Gasteiger partial charge in [0.25, 0.3) is 0 Å². The standard InChI is InChI=1S/C10H17F3N2O2/c1-7(5-16)4-15-8(17)9(10(11,12)13)2-3-14-6-9/h7,14,16H,2-6H2,1H3,(H,15,17). The number of amides is 1. The highest BCUT2D eigenvalue weighted by Gasteiger charge is 2.61. The van der Waals surface area contributed by atoms with Crippen LogP contribution in [0.5, 0.6) is 0 Å². The first-order chi connectivity index (χ1) is 7.83. The Balaban J connectivity index is 2.69. The molecular formula is C10H17F3N2O2. The number of alkyl halides is 3. The first kappa shape index (κ1) is 14.2. The van der Waals surface area contributed by atoms with Crippen molar-refractivity contribution in [1.29, 1.82) is 0 Å². The first-order valence-corrected chi connectivity index (χ1v) is 5.50. The molecule has 7 heteroatoms. The zero-order valence-electron chi connectivity index (χ0n) is 9.60. The molecule has 1 fully saturated rings. The topological polar surface area (TPSA) is 61.4 Å². The van der Waals surface area contributed by atoms with E-state index in [4.69, 9.17) is 5.11 Å². The summed E-state index contributed by atoms with van der Waals surface area (Å²) in [5.41, 5.74) is -2.32. The first-order valence-electron chi connectivity index (χ1n) is 5.50. The number of aliphatic hydroxyl groups excluding tert-OH is 1. The van der Waals surface area contributed by atoms with Gasteiger partial charge in [-0.3, -0.25) is 4.79 Å². The monoisotopic (exact) mass is 254 g/mol. The van der Waals surface area contributed by atoms with Crippen LogP contribution in [0.4, 0.5) is 13.2 Å². The minimum atomic E-state index is -4.55. The fourth-order valence-electron chi connectivity index (χ4n) is 1.76. The molecule has 2 unspecified atom stereocenters. The van der Waals surface area contributed by atoms with Crippen LogP contribution in [-0.2, 0) is 4.79 Å². The fraction of sp³-hybridized carbons (Fsp3) is 0.900. The summed E-state index contributed by atoms with van der Waals surface area (Å²) >= 11 is 0. The van der Waals surface area contributed by atoms with Crippen molar-refractivity contribution >= 4 is 5.91 Å². The van der Waals surface area contributed by atoms with E-state index in [2.05, 4.69) is 10.6 Å². The lowest BCUT2D eigenvalue weighted by Crippen LogP contribution is -2.52. The molecule has 0 saturated carbocycles. The Morgan fingerprint density at radius 2 is 2.24 bits per heavy atom. The molecule has 0 bridgehead atoms. The van der Waals surface area contributed by atoms with Crippen LogP contribution in [0.3, 0.4) is 0 Å². The second kappa shape index (κ2) is 5.22.